The van der Waals surface area contributed by atoms with Crippen molar-refractivity contribution in [1.29, 1.82) is 0 Å². The zero-order chi connectivity index (χ0) is 14.1. The number of carbonyl (C=O) groups excluding carboxylic acids is 1. The van der Waals surface area contributed by atoms with E-state index >= 15 is 0 Å². The molecule has 0 saturated carbocycles. The van der Waals surface area contributed by atoms with Crippen LogP contribution in [0.4, 0.5) is 5.82 Å². The summed E-state index contributed by atoms with van der Waals surface area (Å²) in [7, 11) is 0. The summed E-state index contributed by atoms with van der Waals surface area (Å²) >= 11 is 1.82. The van der Waals surface area contributed by atoms with Gasteiger partial charge in [0.25, 0.3) is 5.91 Å². The van der Waals surface area contributed by atoms with Gasteiger partial charge in [0.2, 0.25) is 0 Å². The van der Waals surface area contributed by atoms with Crippen molar-refractivity contribution < 1.29 is 14.2 Å². The Morgan fingerprint density at radius 3 is 3.25 bits per heavy atom. The second-order valence-electron chi connectivity index (χ2n) is 5.23. The predicted octanol–water partition coefficient (Wildman–Crippen LogP) is 1.19. The molecule has 0 radical (unpaired) electrons. The van der Waals surface area contributed by atoms with Gasteiger partial charge in [-0.15, -0.1) is 11.3 Å². The number of carbonyl (C=O) groups is 1. The highest BCUT2D eigenvalue weighted by Gasteiger charge is 2.29. The van der Waals surface area contributed by atoms with E-state index < -0.39 is 0 Å². The smallest absolute Gasteiger partial charge is 0.280 e. The van der Waals surface area contributed by atoms with Gasteiger partial charge in [0, 0.05) is 22.9 Å². The van der Waals surface area contributed by atoms with Gasteiger partial charge in [-0.1, -0.05) is 5.16 Å². The first-order chi connectivity index (χ1) is 9.63. The van der Waals surface area contributed by atoms with Crippen LogP contribution in [0.3, 0.4) is 0 Å². The van der Waals surface area contributed by atoms with Crippen molar-refractivity contribution in [3.05, 3.63) is 33.7 Å². The van der Waals surface area contributed by atoms with E-state index in [9.17, 15) is 4.79 Å². The van der Waals surface area contributed by atoms with E-state index in [4.69, 9.17) is 4.52 Å². The van der Waals surface area contributed by atoms with Crippen LogP contribution in [0.25, 0.3) is 0 Å². The number of hydrogen-bond donors (Lipinski definition) is 2. The van der Waals surface area contributed by atoms with Crippen LogP contribution in [0.5, 0.6) is 0 Å². The van der Waals surface area contributed by atoms with Crippen molar-refractivity contribution in [3.63, 3.8) is 0 Å². The number of thiophene rings is 1. The van der Waals surface area contributed by atoms with Crippen LogP contribution < -0.4 is 10.2 Å². The van der Waals surface area contributed by atoms with E-state index in [2.05, 4.69) is 28.8 Å². The Kier molecular flexibility index (Phi) is 3.58. The third-order valence-electron chi connectivity index (χ3n) is 3.82. The normalized spacial score (nSPS) is 21.5. The molecule has 0 saturated heterocycles. The van der Waals surface area contributed by atoms with Crippen molar-refractivity contribution in [1.82, 2.24) is 5.16 Å². The first kappa shape index (κ1) is 13.3. The fourth-order valence-electron chi connectivity index (χ4n) is 2.71. The predicted molar refractivity (Wildman–Crippen MR) is 77.0 cm³/mol. The number of quaternary nitrogens is 1. The molecule has 1 unspecified atom stereocenters. The maximum Gasteiger partial charge on any atom is 0.280 e. The van der Waals surface area contributed by atoms with Crippen LogP contribution in [0.2, 0.25) is 0 Å². The van der Waals surface area contributed by atoms with E-state index in [1.165, 1.54) is 15.3 Å². The van der Waals surface area contributed by atoms with Gasteiger partial charge in [0.15, 0.2) is 12.4 Å². The number of rotatable bonds is 3. The molecule has 1 aliphatic heterocycles. The van der Waals surface area contributed by atoms with Gasteiger partial charge in [-0.3, -0.25) is 4.79 Å². The van der Waals surface area contributed by atoms with E-state index in [-0.39, 0.29) is 5.91 Å². The van der Waals surface area contributed by atoms with Crippen LogP contribution in [0.1, 0.15) is 29.2 Å². The summed E-state index contributed by atoms with van der Waals surface area (Å²) < 4.78 is 4.94. The SMILES string of the molecule is Cc1cc(NC(=O)C[NH+]2CCc3sccc3[C@@H]2C)no1. The van der Waals surface area contributed by atoms with E-state index in [0.717, 1.165) is 13.0 Å². The Labute approximate surface area is 121 Å². The minimum atomic E-state index is -0.0150. The summed E-state index contributed by atoms with van der Waals surface area (Å²) in [6.07, 6.45) is 1.06. The topological polar surface area (TPSA) is 59.6 Å². The Morgan fingerprint density at radius 2 is 2.50 bits per heavy atom. The lowest BCUT2D eigenvalue weighted by atomic mass is 10.0. The standard InChI is InChI=1S/C14H17N3O2S/c1-9-7-13(16-19-9)15-14(18)8-17-5-3-12-11(10(17)2)4-6-20-12/h4,6-7,10H,3,5,8H2,1-2H3,(H,15,16,18)/p+1/t10-/m0/s1. The zero-order valence-corrected chi connectivity index (χ0v) is 12.4. The van der Waals surface area contributed by atoms with Gasteiger partial charge >= 0.3 is 0 Å². The van der Waals surface area contributed by atoms with Crippen LogP contribution in [-0.4, -0.2) is 24.2 Å². The Balaban J connectivity index is 1.62. The zero-order valence-electron chi connectivity index (χ0n) is 11.6. The summed E-state index contributed by atoms with van der Waals surface area (Å²) in [5.41, 5.74) is 1.39. The molecule has 0 aromatic carbocycles. The van der Waals surface area contributed by atoms with Crippen LogP contribution >= 0.6 is 11.3 Å². The monoisotopic (exact) mass is 292 g/mol. The van der Waals surface area contributed by atoms with E-state index in [1.54, 1.807) is 13.0 Å². The summed E-state index contributed by atoms with van der Waals surface area (Å²) in [6.45, 7) is 5.45. The molecule has 0 aliphatic carbocycles. The number of amides is 1. The van der Waals surface area contributed by atoms with Crippen molar-refractivity contribution in [2.24, 2.45) is 0 Å². The molecule has 6 heteroatoms. The molecule has 0 spiro atoms. The minimum Gasteiger partial charge on any atom is -0.360 e. The first-order valence-electron chi connectivity index (χ1n) is 6.77. The van der Waals surface area contributed by atoms with Crippen LogP contribution in [-0.2, 0) is 11.2 Å². The lowest BCUT2D eigenvalue weighted by Gasteiger charge is -2.29. The molecule has 3 rings (SSSR count). The van der Waals surface area contributed by atoms with Gasteiger partial charge in [-0.2, -0.15) is 0 Å². The fourth-order valence-corrected chi connectivity index (χ4v) is 3.69. The van der Waals surface area contributed by atoms with Crippen LogP contribution in [0, 0.1) is 6.92 Å². The second-order valence-corrected chi connectivity index (χ2v) is 6.23. The molecule has 5 nitrogen and oxygen atoms in total. The fraction of sp³-hybridized carbons (Fsp3) is 0.429. The molecule has 2 aromatic rings. The molecule has 2 atom stereocenters. The molecular formula is C14H18N3O2S+. The summed E-state index contributed by atoms with van der Waals surface area (Å²) in [6, 6.07) is 4.28. The van der Waals surface area contributed by atoms with Gasteiger partial charge in [0.1, 0.15) is 11.8 Å². The molecule has 106 valence electrons. The number of hydrogen-bond acceptors (Lipinski definition) is 4. The Morgan fingerprint density at radius 1 is 1.65 bits per heavy atom. The molecule has 0 bridgehead atoms. The lowest BCUT2D eigenvalue weighted by Crippen LogP contribution is -3.14. The van der Waals surface area contributed by atoms with Crippen molar-refractivity contribution in [3.8, 4) is 0 Å². The summed E-state index contributed by atoms with van der Waals surface area (Å²) in [4.78, 5) is 14.8. The highest BCUT2D eigenvalue weighted by Crippen LogP contribution is 2.24. The molecule has 2 aromatic heterocycles. The van der Waals surface area contributed by atoms with Gasteiger partial charge in [-0.25, -0.2) is 0 Å². The van der Waals surface area contributed by atoms with E-state index in [1.807, 2.05) is 11.3 Å². The van der Waals surface area contributed by atoms with Gasteiger partial charge in [-0.05, 0) is 25.3 Å². The maximum absolute atomic E-state index is 12.1. The third-order valence-corrected chi connectivity index (χ3v) is 4.81. The molecule has 20 heavy (non-hydrogen) atoms. The molecular weight excluding hydrogens is 274 g/mol. The molecule has 1 amide bonds. The number of anilines is 1. The largest absolute Gasteiger partial charge is 0.360 e. The van der Waals surface area contributed by atoms with Gasteiger partial charge < -0.3 is 14.7 Å². The Hall–Kier alpha value is -1.66. The number of aromatic nitrogens is 1. The number of aryl methyl sites for hydroxylation is 1. The lowest BCUT2D eigenvalue weighted by molar-refractivity contribution is -0.923. The quantitative estimate of drug-likeness (QED) is 0.893. The highest BCUT2D eigenvalue weighted by atomic mass is 32.1. The maximum atomic E-state index is 12.1. The number of nitrogens with one attached hydrogen (secondary N) is 2. The highest BCUT2D eigenvalue weighted by molar-refractivity contribution is 7.10. The van der Waals surface area contributed by atoms with E-state index in [0.29, 0.717) is 24.2 Å². The third kappa shape index (κ3) is 2.62. The minimum absolute atomic E-state index is 0.0150. The van der Waals surface area contributed by atoms with Gasteiger partial charge in [0.05, 0.1) is 6.54 Å². The summed E-state index contributed by atoms with van der Waals surface area (Å²) in [5, 5.41) is 8.71. The van der Waals surface area contributed by atoms with Crippen molar-refractivity contribution in [2.45, 2.75) is 26.3 Å². The average Bonchev–Trinajstić information content (AvgIpc) is 3.02. The molecule has 0 fully saturated rings. The second kappa shape index (κ2) is 5.38. The number of nitrogens with zero attached hydrogens (tertiary/aromatic N) is 1. The average molecular weight is 292 g/mol. The van der Waals surface area contributed by atoms with Crippen LogP contribution in [0.15, 0.2) is 22.0 Å². The first-order valence-corrected chi connectivity index (χ1v) is 7.65. The van der Waals surface area contributed by atoms with Crippen molar-refractivity contribution in [2.75, 3.05) is 18.4 Å². The molecule has 3 heterocycles. The molecule has 1 aliphatic rings. The number of fused-ring (bicyclic) bond motifs is 1. The van der Waals surface area contributed by atoms with Crippen molar-refractivity contribution >= 4 is 23.1 Å². The Bertz CT molecular complexity index is 619. The molecule has 2 N–H and O–H groups in total. The summed E-state index contributed by atoms with van der Waals surface area (Å²) in [5.74, 6) is 1.17.